The molecule has 94 valence electrons. The molecule has 1 nitrogen and oxygen atoms in total. The molecule has 0 saturated heterocycles. The van der Waals surface area contributed by atoms with Crippen LogP contribution in [0.25, 0.3) is 20.2 Å². The monoisotopic (exact) mass is 266 g/mol. The number of rotatable bonds is 0. The second-order valence-electron chi connectivity index (χ2n) is 5.25. The minimum atomic E-state index is 0.192. The average molecular weight is 266 g/mol. The second-order valence-corrected chi connectivity index (χ2v) is 6.34. The van der Waals surface area contributed by atoms with Crippen molar-refractivity contribution in [2.24, 2.45) is 0 Å². The Morgan fingerprint density at radius 1 is 0.842 bits per heavy atom. The third-order valence-corrected chi connectivity index (χ3v) is 5.17. The van der Waals surface area contributed by atoms with E-state index in [1.807, 2.05) is 24.3 Å². The van der Waals surface area contributed by atoms with Gasteiger partial charge >= 0.3 is 0 Å². The zero-order chi connectivity index (χ0) is 12.8. The van der Waals surface area contributed by atoms with Crippen molar-refractivity contribution >= 4 is 31.5 Å². The Balaban J connectivity index is 2.15. The van der Waals surface area contributed by atoms with Crippen LogP contribution in [-0.4, -0.2) is 0 Å². The van der Waals surface area contributed by atoms with E-state index < -0.39 is 0 Å². The van der Waals surface area contributed by atoms with Gasteiger partial charge in [-0.3, -0.25) is 4.79 Å². The van der Waals surface area contributed by atoms with Crippen LogP contribution in [0.5, 0.6) is 0 Å². The maximum atomic E-state index is 12.6. The van der Waals surface area contributed by atoms with Gasteiger partial charge in [0.25, 0.3) is 0 Å². The molecular weight excluding hydrogens is 252 g/mol. The summed E-state index contributed by atoms with van der Waals surface area (Å²) in [6.07, 6.45) is 4.83. The molecule has 0 spiro atoms. The van der Waals surface area contributed by atoms with Crippen LogP contribution in [0.1, 0.15) is 24.0 Å². The molecule has 19 heavy (non-hydrogen) atoms. The van der Waals surface area contributed by atoms with Gasteiger partial charge in [-0.25, -0.2) is 0 Å². The molecule has 0 radical (unpaired) electrons. The van der Waals surface area contributed by atoms with E-state index >= 15 is 0 Å². The van der Waals surface area contributed by atoms with E-state index in [9.17, 15) is 4.79 Å². The third-order valence-electron chi connectivity index (χ3n) is 4.04. The fourth-order valence-corrected chi connectivity index (χ4v) is 4.15. The number of fused-ring (bicyclic) bond motifs is 3. The lowest BCUT2D eigenvalue weighted by molar-refractivity contribution is 0.687. The van der Waals surface area contributed by atoms with Crippen LogP contribution in [-0.2, 0) is 12.8 Å². The molecule has 1 aliphatic carbocycles. The van der Waals surface area contributed by atoms with E-state index in [1.165, 1.54) is 30.4 Å². The summed E-state index contributed by atoms with van der Waals surface area (Å²) in [4.78, 5) is 12.6. The van der Waals surface area contributed by atoms with Crippen LogP contribution in [0.4, 0.5) is 0 Å². The number of hydrogen-bond donors (Lipinski definition) is 0. The minimum absolute atomic E-state index is 0.192. The molecule has 0 atom stereocenters. The molecule has 1 aliphatic rings. The Hall–Kier alpha value is -1.67. The summed E-state index contributed by atoms with van der Waals surface area (Å²) in [5, 5.41) is 1.76. The smallest absolute Gasteiger partial charge is 0.195 e. The predicted octanol–water partition coefficient (Wildman–Crippen LogP) is 4.29. The molecule has 0 amide bonds. The molecule has 0 saturated carbocycles. The second kappa shape index (κ2) is 4.17. The van der Waals surface area contributed by atoms with Crippen molar-refractivity contribution in [2.45, 2.75) is 25.7 Å². The van der Waals surface area contributed by atoms with Gasteiger partial charge in [0.05, 0.1) is 0 Å². The van der Waals surface area contributed by atoms with Crippen molar-refractivity contribution < 1.29 is 0 Å². The zero-order valence-corrected chi connectivity index (χ0v) is 11.4. The first-order chi connectivity index (χ1) is 9.33. The van der Waals surface area contributed by atoms with Crippen LogP contribution in [0.2, 0.25) is 0 Å². The molecule has 0 unspecified atom stereocenters. The van der Waals surface area contributed by atoms with Gasteiger partial charge < -0.3 is 0 Å². The molecule has 0 N–H and O–H groups in total. The standard InChI is InChI=1S/C17H14OS/c18-17-13-7-3-4-8-15(13)19-16-10-12-6-2-1-5-11(12)9-14(16)17/h3-4,7-10H,1-2,5-6H2. The SMILES string of the molecule is O=c1c2ccccc2sc2cc3c(cc12)CCCC3. The van der Waals surface area contributed by atoms with Gasteiger partial charge in [0.2, 0.25) is 0 Å². The zero-order valence-electron chi connectivity index (χ0n) is 10.6. The maximum absolute atomic E-state index is 12.6. The summed E-state index contributed by atoms with van der Waals surface area (Å²) in [5.41, 5.74) is 3.03. The van der Waals surface area contributed by atoms with Crippen LogP contribution >= 0.6 is 11.3 Å². The molecule has 3 aromatic rings. The first kappa shape index (κ1) is 11.2. The normalized spacial score (nSPS) is 14.7. The molecule has 0 aliphatic heterocycles. The Morgan fingerprint density at radius 3 is 2.42 bits per heavy atom. The quantitative estimate of drug-likeness (QED) is 0.555. The molecule has 2 aromatic carbocycles. The van der Waals surface area contributed by atoms with Crippen LogP contribution in [0.3, 0.4) is 0 Å². The van der Waals surface area contributed by atoms with E-state index in [0.717, 1.165) is 26.6 Å². The lowest BCUT2D eigenvalue weighted by Crippen LogP contribution is -2.06. The lowest BCUT2D eigenvalue weighted by atomic mass is 9.91. The summed E-state index contributed by atoms with van der Waals surface area (Å²) in [6.45, 7) is 0. The highest BCUT2D eigenvalue weighted by molar-refractivity contribution is 7.24. The summed E-state index contributed by atoms with van der Waals surface area (Å²) >= 11 is 1.74. The molecular formula is C17H14OS. The number of aryl methyl sites for hydroxylation is 2. The highest BCUT2D eigenvalue weighted by Crippen LogP contribution is 2.30. The third kappa shape index (κ3) is 1.71. The summed E-state index contributed by atoms with van der Waals surface area (Å²) < 4.78 is 2.24. The molecule has 4 rings (SSSR count). The van der Waals surface area contributed by atoms with Gasteiger partial charge in [0.1, 0.15) is 0 Å². The van der Waals surface area contributed by atoms with Gasteiger partial charge in [-0.05, 0) is 61.1 Å². The first-order valence-corrected chi connectivity index (χ1v) is 7.62. The Morgan fingerprint density at radius 2 is 1.58 bits per heavy atom. The minimum Gasteiger partial charge on any atom is -0.289 e. The molecule has 0 fully saturated rings. The maximum Gasteiger partial charge on any atom is 0.195 e. The summed E-state index contributed by atoms with van der Waals surface area (Å²) in [6, 6.07) is 12.3. The highest BCUT2D eigenvalue weighted by atomic mass is 32.1. The lowest BCUT2D eigenvalue weighted by Gasteiger charge is -2.16. The van der Waals surface area contributed by atoms with Crippen LogP contribution in [0, 0.1) is 0 Å². The van der Waals surface area contributed by atoms with E-state index in [0.29, 0.717) is 0 Å². The highest BCUT2D eigenvalue weighted by Gasteiger charge is 2.13. The average Bonchev–Trinajstić information content (AvgIpc) is 2.46. The van der Waals surface area contributed by atoms with E-state index in [-0.39, 0.29) is 5.43 Å². The van der Waals surface area contributed by atoms with E-state index in [4.69, 9.17) is 0 Å². The van der Waals surface area contributed by atoms with Crippen molar-refractivity contribution in [2.75, 3.05) is 0 Å². The van der Waals surface area contributed by atoms with Gasteiger partial charge in [0, 0.05) is 20.2 Å². The van der Waals surface area contributed by atoms with Crippen molar-refractivity contribution in [1.82, 2.24) is 0 Å². The van der Waals surface area contributed by atoms with Crippen LogP contribution in [0.15, 0.2) is 41.2 Å². The van der Waals surface area contributed by atoms with E-state index in [2.05, 4.69) is 12.1 Å². The van der Waals surface area contributed by atoms with E-state index in [1.54, 1.807) is 11.3 Å². The van der Waals surface area contributed by atoms with Gasteiger partial charge in [-0.2, -0.15) is 0 Å². The topological polar surface area (TPSA) is 17.1 Å². The summed E-state index contributed by atoms with van der Waals surface area (Å²) in [5.74, 6) is 0. The Bertz CT molecular complexity index is 845. The van der Waals surface area contributed by atoms with Crippen molar-refractivity contribution in [3.8, 4) is 0 Å². The Labute approximate surface area is 115 Å². The molecule has 1 heterocycles. The number of benzene rings is 2. The molecule has 1 aromatic heterocycles. The Kier molecular flexibility index (Phi) is 2.46. The van der Waals surface area contributed by atoms with Gasteiger partial charge in [0.15, 0.2) is 5.43 Å². The fourth-order valence-electron chi connectivity index (χ4n) is 3.03. The molecule has 2 heteroatoms. The molecule has 0 bridgehead atoms. The number of hydrogen-bond acceptors (Lipinski definition) is 2. The van der Waals surface area contributed by atoms with Crippen molar-refractivity contribution in [1.29, 1.82) is 0 Å². The van der Waals surface area contributed by atoms with Crippen molar-refractivity contribution in [3.05, 3.63) is 57.7 Å². The van der Waals surface area contributed by atoms with Gasteiger partial charge in [-0.1, -0.05) is 12.1 Å². The summed E-state index contributed by atoms with van der Waals surface area (Å²) in [7, 11) is 0. The van der Waals surface area contributed by atoms with Crippen molar-refractivity contribution in [3.63, 3.8) is 0 Å². The van der Waals surface area contributed by atoms with Gasteiger partial charge in [-0.15, -0.1) is 11.3 Å². The largest absolute Gasteiger partial charge is 0.289 e. The first-order valence-electron chi connectivity index (χ1n) is 6.80. The fraction of sp³-hybridized carbons (Fsp3) is 0.235. The van der Waals surface area contributed by atoms with Crippen LogP contribution < -0.4 is 5.43 Å². The predicted molar refractivity (Wildman–Crippen MR) is 82.2 cm³/mol.